The van der Waals surface area contributed by atoms with E-state index in [-0.39, 0.29) is 11.8 Å². The summed E-state index contributed by atoms with van der Waals surface area (Å²) in [4.78, 5) is 22.0. The number of alkyl halides is 3. The highest BCUT2D eigenvalue weighted by Gasteiger charge is 2.38. The summed E-state index contributed by atoms with van der Waals surface area (Å²) in [7, 11) is 3.63. The molecule has 1 amide bonds. The summed E-state index contributed by atoms with van der Waals surface area (Å²) in [6.45, 7) is 1.92. The Labute approximate surface area is 103 Å². The SMILES string of the molecule is CN(C)C(=O)C1CCCNC1.O=C(O)C(F)(F)F. The summed E-state index contributed by atoms with van der Waals surface area (Å²) in [5.74, 6) is -2.27. The Morgan fingerprint density at radius 1 is 1.33 bits per heavy atom. The van der Waals surface area contributed by atoms with Crippen molar-refractivity contribution in [2.24, 2.45) is 5.92 Å². The number of halogens is 3. The van der Waals surface area contributed by atoms with Gasteiger partial charge in [-0.15, -0.1) is 0 Å². The van der Waals surface area contributed by atoms with Crippen LogP contribution in [0.4, 0.5) is 13.2 Å². The molecular weight excluding hydrogens is 253 g/mol. The molecule has 0 aliphatic carbocycles. The van der Waals surface area contributed by atoms with E-state index in [9.17, 15) is 18.0 Å². The molecule has 0 spiro atoms. The minimum absolute atomic E-state index is 0.221. The fraction of sp³-hybridized carbons (Fsp3) is 0.800. The third-order valence-electron chi connectivity index (χ3n) is 2.33. The highest BCUT2D eigenvalue weighted by Crippen LogP contribution is 2.13. The lowest BCUT2D eigenvalue weighted by Crippen LogP contribution is -2.39. The van der Waals surface area contributed by atoms with Crippen LogP contribution in [0, 0.1) is 5.92 Å². The Morgan fingerprint density at radius 3 is 2.11 bits per heavy atom. The lowest BCUT2D eigenvalue weighted by atomic mass is 9.98. The van der Waals surface area contributed by atoms with E-state index in [1.807, 2.05) is 14.1 Å². The number of nitrogens with one attached hydrogen (secondary N) is 1. The zero-order valence-electron chi connectivity index (χ0n) is 10.3. The van der Waals surface area contributed by atoms with Gasteiger partial charge in [0.15, 0.2) is 0 Å². The third-order valence-corrected chi connectivity index (χ3v) is 2.33. The Balaban J connectivity index is 0.000000360. The van der Waals surface area contributed by atoms with Crippen molar-refractivity contribution in [3.05, 3.63) is 0 Å². The van der Waals surface area contributed by atoms with Gasteiger partial charge in [-0.2, -0.15) is 13.2 Å². The van der Waals surface area contributed by atoms with Gasteiger partial charge in [-0.1, -0.05) is 0 Å². The summed E-state index contributed by atoms with van der Waals surface area (Å²) >= 11 is 0. The molecule has 1 aliphatic heterocycles. The molecule has 1 rings (SSSR count). The van der Waals surface area contributed by atoms with Gasteiger partial charge < -0.3 is 15.3 Å². The number of hydrogen-bond acceptors (Lipinski definition) is 3. The minimum atomic E-state index is -5.08. The Hall–Kier alpha value is -1.31. The van der Waals surface area contributed by atoms with Crippen LogP contribution < -0.4 is 5.32 Å². The minimum Gasteiger partial charge on any atom is -0.475 e. The van der Waals surface area contributed by atoms with Gasteiger partial charge in [-0.3, -0.25) is 4.79 Å². The van der Waals surface area contributed by atoms with Gasteiger partial charge in [0, 0.05) is 20.6 Å². The third kappa shape index (κ3) is 6.43. The molecule has 1 heterocycles. The first-order valence-electron chi connectivity index (χ1n) is 5.38. The van der Waals surface area contributed by atoms with E-state index in [1.165, 1.54) is 0 Å². The summed E-state index contributed by atoms with van der Waals surface area (Å²) < 4.78 is 31.7. The van der Waals surface area contributed by atoms with Crippen LogP contribution in [-0.2, 0) is 9.59 Å². The number of rotatable bonds is 1. The van der Waals surface area contributed by atoms with Crippen LogP contribution in [0.25, 0.3) is 0 Å². The van der Waals surface area contributed by atoms with Gasteiger partial charge >= 0.3 is 12.1 Å². The predicted octanol–water partition coefficient (Wildman–Crippen LogP) is 0.708. The van der Waals surface area contributed by atoms with E-state index in [0.717, 1.165) is 25.9 Å². The molecule has 1 unspecified atom stereocenters. The zero-order chi connectivity index (χ0) is 14.3. The number of aliphatic carboxylic acids is 1. The monoisotopic (exact) mass is 270 g/mol. The van der Waals surface area contributed by atoms with Crippen molar-refractivity contribution in [2.45, 2.75) is 19.0 Å². The van der Waals surface area contributed by atoms with Gasteiger partial charge in [0.05, 0.1) is 5.92 Å². The molecule has 0 aromatic carbocycles. The first kappa shape index (κ1) is 16.7. The molecule has 2 N–H and O–H groups in total. The second-order valence-corrected chi connectivity index (χ2v) is 4.08. The first-order chi connectivity index (χ1) is 8.16. The lowest BCUT2D eigenvalue weighted by Gasteiger charge is -2.24. The van der Waals surface area contributed by atoms with Crippen LogP contribution in [0.1, 0.15) is 12.8 Å². The number of hydrogen-bond donors (Lipinski definition) is 2. The maximum atomic E-state index is 11.4. The van der Waals surface area contributed by atoms with Gasteiger partial charge in [0.2, 0.25) is 5.91 Å². The van der Waals surface area contributed by atoms with Crippen molar-refractivity contribution in [1.82, 2.24) is 10.2 Å². The van der Waals surface area contributed by atoms with Crippen molar-refractivity contribution < 1.29 is 27.9 Å². The Kier molecular flexibility index (Phi) is 6.67. The highest BCUT2D eigenvalue weighted by atomic mass is 19.4. The van der Waals surface area contributed by atoms with Crippen molar-refractivity contribution in [2.75, 3.05) is 27.2 Å². The van der Waals surface area contributed by atoms with Gasteiger partial charge in [-0.25, -0.2) is 4.79 Å². The molecular formula is C10H17F3N2O3. The first-order valence-corrected chi connectivity index (χ1v) is 5.38. The molecule has 0 saturated carbocycles. The van der Waals surface area contributed by atoms with E-state index >= 15 is 0 Å². The number of carbonyl (C=O) groups is 2. The van der Waals surface area contributed by atoms with Crippen molar-refractivity contribution in [1.29, 1.82) is 0 Å². The molecule has 0 aromatic rings. The number of carbonyl (C=O) groups excluding carboxylic acids is 1. The molecule has 0 radical (unpaired) electrons. The average molecular weight is 270 g/mol. The van der Waals surface area contributed by atoms with Gasteiger partial charge in [0.25, 0.3) is 0 Å². The second-order valence-electron chi connectivity index (χ2n) is 4.08. The van der Waals surface area contributed by atoms with Gasteiger partial charge in [-0.05, 0) is 19.4 Å². The van der Waals surface area contributed by atoms with Crippen LogP contribution in [0.15, 0.2) is 0 Å². The molecule has 106 valence electrons. The van der Waals surface area contributed by atoms with E-state index in [2.05, 4.69) is 5.32 Å². The average Bonchev–Trinajstić information content (AvgIpc) is 2.28. The number of amides is 1. The molecule has 0 bridgehead atoms. The Morgan fingerprint density at radius 2 is 1.83 bits per heavy atom. The second kappa shape index (κ2) is 7.20. The van der Waals surface area contributed by atoms with Crippen LogP contribution in [0.3, 0.4) is 0 Å². The smallest absolute Gasteiger partial charge is 0.475 e. The summed E-state index contributed by atoms with van der Waals surface area (Å²) in [5.41, 5.74) is 0. The van der Waals surface area contributed by atoms with Crippen LogP contribution in [0.2, 0.25) is 0 Å². The number of carboxylic acids is 1. The Bertz CT molecular complexity index is 287. The van der Waals surface area contributed by atoms with Gasteiger partial charge in [0.1, 0.15) is 0 Å². The van der Waals surface area contributed by atoms with E-state index in [4.69, 9.17) is 9.90 Å². The quantitative estimate of drug-likeness (QED) is 0.736. The topological polar surface area (TPSA) is 69.6 Å². The largest absolute Gasteiger partial charge is 0.490 e. The molecule has 8 heteroatoms. The van der Waals surface area contributed by atoms with Crippen LogP contribution in [-0.4, -0.2) is 55.2 Å². The molecule has 1 fully saturated rings. The molecule has 5 nitrogen and oxygen atoms in total. The fourth-order valence-corrected chi connectivity index (χ4v) is 1.43. The zero-order valence-corrected chi connectivity index (χ0v) is 10.3. The fourth-order valence-electron chi connectivity index (χ4n) is 1.43. The van der Waals surface area contributed by atoms with E-state index in [1.54, 1.807) is 4.90 Å². The standard InChI is InChI=1S/C8H16N2O.C2HF3O2/c1-10(2)8(11)7-4-3-5-9-6-7;3-2(4,5)1(6)7/h7,9H,3-6H2,1-2H3;(H,6,7). The van der Waals surface area contributed by atoms with Crippen LogP contribution >= 0.6 is 0 Å². The normalized spacial score (nSPS) is 19.5. The van der Waals surface area contributed by atoms with Crippen molar-refractivity contribution in [3.63, 3.8) is 0 Å². The summed E-state index contributed by atoms with van der Waals surface area (Å²) in [5, 5.41) is 10.3. The summed E-state index contributed by atoms with van der Waals surface area (Å²) in [6, 6.07) is 0. The van der Waals surface area contributed by atoms with Crippen molar-refractivity contribution >= 4 is 11.9 Å². The number of carboxylic acid groups (broad SMARTS) is 1. The maximum absolute atomic E-state index is 11.4. The maximum Gasteiger partial charge on any atom is 0.490 e. The van der Waals surface area contributed by atoms with E-state index < -0.39 is 12.1 Å². The van der Waals surface area contributed by atoms with Crippen LogP contribution in [0.5, 0.6) is 0 Å². The summed E-state index contributed by atoms with van der Waals surface area (Å²) in [6.07, 6.45) is -2.91. The molecule has 0 aromatic heterocycles. The predicted molar refractivity (Wildman–Crippen MR) is 58.0 cm³/mol. The lowest BCUT2D eigenvalue weighted by molar-refractivity contribution is -0.192. The molecule has 1 aliphatic rings. The van der Waals surface area contributed by atoms with E-state index in [0.29, 0.717) is 0 Å². The van der Waals surface area contributed by atoms with Crippen molar-refractivity contribution in [3.8, 4) is 0 Å². The molecule has 1 saturated heterocycles. The highest BCUT2D eigenvalue weighted by molar-refractivity contribution is 5.78. The molecule has 1 atom stereocenters. The number of piperidine rings is 1. The molecule has 18 heavy (non-hydrogen) atoms. The number of nitrogens with zero attached hydrogens (tertiary/aromatic N) is 1.